The molecule has 2 nitrogen and oxygen atoms in total. The first kappa shape index (κ1) is 15.9. The van der Waals surface area contributed by atoms with Crippen LogP contribution in [0, 0.1) is 5.92 Å². The van der Waals surface area contributed by atoms with Crippen molar-refractivity contribution in [2.24, 2.45) is 5.92 Å². The lowest BCUT2D eigenvalue weighted by Gasteiger charge is -2.26. The Morgan fingerprint density at radius 1 is 1.00 bits per heavy atom. The number of hydrogen-bond donors (Lipinski definition) is 0. The van der Waals surface area contributed by atoms with Crippen LogP contribution >= 0.6 is 0 Å². The summed E-state index contributed by atoms with van der Waals surface area (Å²) in [5.74, 6) is 2.51. The summed E-state index contributed by atoms with van der Waals surface area (Å²) in [6.07, 6.45) is 3.72. The molecular weight excluding hydrogens is 236 g/mol. The molecule has 1 aromatic carbocycles. The second-order valence-electron chi connectivity index (χ2n) is 6.27. The Morgan fingerprint density at radius 2 is 1.53 bits per heavy atom. The molecule has 0 saturated heterocycles. The molecule has 2 heteroatoms. The second kappa shape index (κ2) is 6.83. The van der Waals surface area contributed by atoms with Gasteiger partial charge in [-0.2, -0.15) is 0 Å². The molecule has 0 aromatic heterocycles. The fraction of sp³-hybridized carbons (Fsp3) is 0.647. The molecule has 19 heavy (non-hydrogen) atoms. The maximum atomic E-state index is 5.36. The van der Waals surface area contributed by atoms with Crippen LogP contribution in [0.5, 0.6) is 11.5 Å². The molecule has 1 aromatic rings. The SMILES string of the molecule is COc1cc(OC)cc(C(C)(C)CCCC(C)C)c1. The van der Waals surface area contributed by atoms with Crippen molar-refractivity contribution in [3.63, 3.8) is 0 Å². The Bertz CT molecular complexity index is 372. The lowest BCUT2D eigenvalue weighted by molar-refractivity contribution is 0.384. The summed E-state index contributed by atoms with van der Waals surface area (Å²) in [6, 6.07) is 6.17. The zero-order valence-corrected chi connectivity index (χ0v) is 13.2. The Balaban J connectivity index is 2.86. The van der Waals surface area contributed by atoms with Crippen LogP contribution in [0.15, 0.2) is 18.2 Å². The predicted molar refractivity (Wildman–Crippen MR) is 81.3 cm³/mol. The van der Waals surface area contributed by atoms with E-state index in [1.807, 2.05) is 6.07 Å². The van der Waals surface area contributed by atoms with Crippen LogP contribution in [0.2, 0.25) is 0 Å². The Kier molecular flexibility index (Phi) is 5.71. The highest BCUT2D eigenvalue weighted by molar-refractivity contribution is 5.41. The van der Waals surface area contributed by atoms with E-state index in [0.717, 1.165) is 17.4 Å². The molecule has 0 atom stereocenters. The highest BCUT2D eigenvalue weighted by atomic mass is 16.5. The van der Waals surface area contributed by atoms with Gasteiger partial charge in [-0.1, -0.05) is 40.5 Å². The van der Waals surface area contributed by atoms with Crippen LogP contribution in [-0.2, 0) is 5.41 Å². The van der Waals surface area contributed by atoms with E-state index in [1.54, 1.807) is 14.2 Å². The Morgan fingerprint density at radius 3 is 1.95 bits per heavy atom. The van der Waals surface area contributed by atoms with Crippen molar-refractivity contribution in [3.8, 4) is 11.5 Å². The van der Waals surface area contributed by atoms with E-state index in [9.17, 15) is 0 Å². The van der Waals surface area contributed by atoms with E-state index in [0.29, 0.717) is 0 Å². The molecule has 108 valence electrons. The molecule has 0 spiro atoms. The molecule has 0 saturated carbocycles. The molecule has 0 aliphatic heterocycles. The van der Waals surface area contributed by atoms with Crippen LogP contribution in [0.4, 0.5) is 0 Å². The van der Waals surface area contributed by atoms with Crippen LogP contribution in [-0.4, -0.2) is 14.2 Å². The number of methoxy groups -OCH3 is 2. The summed E-state index contributed by atoms with van der Waals surface area (Å²) in [7, 11) is 3.40. The Hall–Kier alpha value is -1.18. The van der Waals surface area contributed by atoms with Crippen molar-refractivity contribution < 1.29 is 9.47 Å². The summed E-state index contributed by atoms with van der Waals surface area (Å²) in [6.45, 7) is 9.15. The van der Waals surface area contributed by atoms with E-state index in [4.69, 9.17) is 9.47 Å². The topological polar surface area (TPSA) is 18.5 Å². The van der Waals surface area contributed by atoms with Gasteiger partial charge in [0.2, 0.25) is 0 Å². The average Bonchev–Trinajstić information content (AvgIpc) is 2.37. The van der Waals surface area contributed by atoms with Gasteiger partial charge < -0.3 is 9.47 Å². The van der Waals surface area contributed by atoms with E-state index in [2.05, 4.69) is 39.8 Å². The van der Waals surface area contributed by atoms with Crippen molar-refractivity contribution >= 4 is 0 Å². The van der Waals surface area contributed by atoms with E-state index < -0.39 is 0 Å². The highest BCUT2D eigenvalue weighted by Gasteiger charge is 2.22. The quantitative estimate of drug-likeness (QED) is 0.703. The van der Waals surface area contributed by atoms with Crippen molar-refractivity contribution in [1.29, 1.82) is 0 Å². The monoisotopic (exact) mass is 264 g/mol. The standard InChI is InChI=1S/C17H28O2/c1-13(2)8-7-9-17(3,4)14-10-15(18-5)12-16(11-14)19-6/h10-13H,7-9H2,1-6H3. The van der Waals surface area contributed by atoms with E-state index >= 15 is 0 Å². The van der Waals surface area contributed by atoms with E-state index in [1.165, 1.54) is 24.8 Å². The predicted octanol–water partition coefficient (Wildman–Crippen LogP) is 4.81. The third-order valence-electron chi connectivity index (χ3n) is 3.72. The van der Waals surface area contributed by atoms with Crippen molar-refractivity contribution in [2.75, 3.05) is 14.2 Å². The minimum Gasteiger partial charge on any atom is -0.497 e. The van der Waals surface area contributed by atoms with Crippen LogP contribution in [0.1, 0.15) is 52.5 Å². The lowest BCUT2D eigenvalue weighted by atomic mass is 9.79. The largest absolute Gasteiger partial charge is 0.497 e. The fourth-order valence-electron chi connectivity index (χ4n) is 2.29. The molecular formula is C17H28O2. The normalized spacial score (nSPS) is 11.7. The molecule has 0 fully saturated rings. The third-order valence-corrected chi connectivity index (χ3v) is 3.72. The number of benzene rings is 1. The van der Waals surface area contributed by atoms with Gasteiger partial charge in [0.05, 0.1) is 14.2 Å². The fourth-order valence-corrected chi connectivity index (χ4v) is 2.29. The molecule has 0 aliphatic rings. The molecule has 0 N–H and O–H groups in total. The van der Waals surface area contributed by atoms with Crippen molar-refractivity contribution in [2.45, 2.75) is 52.4 Å². The zero-order chi connectivity index (χ0) is 14.5. The van der Waals surface area contributed by atoms with Gasteiger partial charge >= 0.3 is 0 Å². The molecule has 0 unspecified atom stereocenters. The van der Waals surface area contributed by atoms with Crippen molar-refractivity contribution in [3.05, 3.63) is 23.8 Å². The molecule has 0 radical (unpaired) electrons. The minimum absolute atomic E-state index is 0.150. The summed E-state index contributed by atoms with van der Waals surface area (Å²) in [5.41, 5.74) is 1.43. The highest BCUT2D eigenvalue weighted by Crippen LogP contribution is 2.34. The average molecular weight is 264 g/mol. The zero-order valence-electron chi connectivity index (χ0n) is 13.2. The van der Waals surface area contributed by atoms with Gasteiger partial charge in [-0.3, -0.25) is 0 Å². The molecule has 0 heterocycles. The molecule has 0 bridgehead atoms. The first-order valence-electron chi connectivity index (χ1n) is 7.12. The van der Waals surface area contributed by atoms with Gasteiger partial charge in [0.25, 0.3) is 0 Å². The summed E-state index contributed by atoms with van der Waals surface area (Å²) in [4.78, 5) is 0. The van der Waals surface area contributed by atoms with Gasteiger partial charge in [-0.25, -0.2) is 0 Å². The second-order valence-corrected chi connectivity index (χ2v) is 6.27. The lowest BCUT2D eigenvalue weighted by Crippen LogP contribution is -2.17. The van der Waals surface area contributed by atoms with Gasteiger partial charge in [0.15, 0.2) is 0 Å². The van der Waals surface area contributed by atoms with Gasteiger partial charge in [-0.15, -0.1) is 0 Å². The first-order valence-corrected chi connectivity index (χ1v) is 7.12. The maximum Gasteiger partial charge on any atom is 0.122 e. The summed E-state index contributed by atoms with van der Waals surface area (Å²) < 4.78 is 10.7. The van der Waals surface area contributed by atoms with Crippen LogP contribution in [0.25, 0.3) is 0 Å². The van der Waals surface area contributed by atoms with Crippen LogP contribution < -0.4 is 9.47 Å². The van der Waals surface area contributed by atoms with Crippen molar-refractivity contribution in [1.82, 2.24) is 0 Å². The molecule has 0 aliphatic carbocycles. The number of rotatable bonds is 7. The molecule has 0 amide bonds. The minimum atomic E-state index is 0.150. The van der Waals surface area contributed by atoms with Gasteiger partial charge in [-0.05, 0) is 35.4 Å². The summed E-state index contributed by atoms with van der Waals surface area (Å²) >= 11 is 0. The summed E-state index contributed by atoms with van der Waals surface area (Å²) in [5, 5.41) is 0. The van der Waals surface area contributed by atoms with E-state index in [-0.39, 0.29) is 5.41 Å². The van der Waals surface area contributed by atoms with Gasteiger partial charge in [0, 0.05) is 6.07 Å². The molecule has 1 rings (SSSR count). The third kappa shape index (κ3) is 4.77. The first-order chi connectivity index (χ1) is 8.89. The Labute approximate surface area is 118 Å². The maximum absolute atomic E-state index is 5.36. The number of hydrogen-bond acceptors (Lipinski definition) is 2. The smallest absolute Gasteiger partial charge is 0.122 e. The van der Waals surface area contributed by atoms with Crippen LogP contribution in [0.3, 0.4) is 0 Å². The van der Waals surface area contributed by atoms with Gasteiger partial charge in [0.1, 0.15) is 11.5 Å². The number of ether oxygens (including phenoxy) is 2.